The summed E-state index contributed by atoms with van der Waals surface area (Å²) >= 11 is 0. The predicted octanol–water partition coefficient (Wildman–Crippen LogP) is 3.93. The quantitative estimate of drug-likeness (QED) is 0.479. The molecule has 0 atom stereocenters. The van der Waals surface area contributed by atoms with Crippen LogP contribution < -0.4 is 11.1 Å². The molecule has 7 heteroatoms. The zero-order valence-corrected chi connectivity index (χ0v) is 17.1. The Morgan fingerprint density at radius 2 is 1.60 bits per heavy atom. The number of nitrogens with two attached hydrogens (primary N) is 1. The summed E-state index contributed by atoms with van der Waals surface area (Å²) < 4.78 is 7.18. The van der Waals surface area contributed by atoms with Gasteiger partial charge in [-0.05, 0) is 63.2 Å². The van der Waals surface area contributed by atoms with Gasteiger partial charge in [-0.15, -0.1) is 0 Å². The second-order valence-corrected chi connectivity index (χ2v) is 7.02. The van der Waals surface area contributed by atoms with Crippen LogP contribution in [0.1, 0.15) is 37.7 Å². The molecular formula is C23H23N3O4. The summed E-state index contributed by atoms with van der Waals surface area (Å²) in [6.07, 6.45) is 0. The van der Waals surface area contributed by atoms with Gasteiger partial charge in [0.1, 0.15) is 0 Å². The van der Waals surface area contributed by atoms with Crippen LogP contribution in [0.25, 0.3) is 5.69 Å². The molecular weight excluding hydrogens is 382 g/mol. The first kappa shape index (κ1) is 20.9. The van der Waals surface area contributed by atoms with Gasteiger partial charge in [0.2, 0.25) is 5.78 Å². The molecule has 1 heterocycles. The van der Waals surface area contributed by atoms with E-state index in [2.05, 4.69) is 5.32 Å². The van der Waals surface area contributed by atoms with E-state index in [9.17, 15) is 14.4 Å². The molecule has 7 nitrogen and oxygen atoms in total. The monoisotopic (exact) mass is 405 g/mol. The number of carbonyl (C=O) groups is 3. The van der Waals surface area contributed by atoms with Gasteiger partial charge in [0.25, 0.3) is 0 Å². The van der Waals surface area contributed by atoms with Gasteiger partial charge in [-0.25, -0.2) is 9.59 Å². The average molecular weight is 405 g/mol. The number of ketones is 1. The first-order chi connectivity index (χ1) is 14.3. The molecule has 3 N–H and O–H groups in total. The van der Waals surface area contributed by atoms with Gasteiger partial charge in [-0.3, -0.25) is 4.79 Å². The summed E-state index contributed by atoms with van der Waals surface area (Å²) in [5.74, 6) is -0.900. The van der Waals surface area contributed by atoms with E-state index in [0.717, 1.165) is 22.6 Å². The third kappa shape index (κ3) is 4.57. The summed E-state index contributed by atoms with van der Waals surface area (Å²) in [6, 6.07) is 15.2. The number of carbonyl (C=O) groups excluding carboxylic acids is 3. The summed E-state index contributed by atoms with van der Waals surface area (Å²) in [6.45, 7) is 5.45. The smallest absolute Gasteiger partial charge is 0.338 e. The van der Waals surface area contributed by atoms with Gasteiger partial charge < -0.3 is 20.4 Å². The first-order valence-electron chi connectivity index (χ1n) is 9.39. The molecule has 0 saturated carbocycles. The van der Waals surface area contributed by atoms with Crippen LogP contribution in [0.4, 0.5) is 10.5 Å². The lowest BCUT2D eigenvalue weighted by Gasteiger charge is -2.10. The number of primary amides is 1. The lowest BCUT2D eigenvalue weighted by Crippen LogP contribution is -2.19. The van der Waals surface area contributed by atoms with Gasteiger partial charge in [0.15, 0.2) is 6.61 Å². The molecule has 0 fully saturated rings. The third-order valence-corrected chi connectivity index (χ3v) is 4.75. The van der Waals surface area contributed by atoms with Gasteiger partial charge >= 0.3 is 12.0 Å². The number of hydrogen-bond donors (Lipinski definition) is 2. The van der Waals surface area contributed by atoms with E-state index >= 15 is 0 Å². The average Bonchev–Trinajstić information content (AvgIpc) is 3.01. The maximum Gasteiger partial charge on any atom is 0.338 e. The fraction of sp³-hybridized carbons (Fsp3) is 0.174. The molecule has 154 valence electrons. The fourth-order valence-electron chi connectivity index (χ4n) is 3.26. The molecule has 0 spiro atoms. The Kier molecular flexibility index (Phi) is 6.01. The number of nitrogens with one attached hydrogen (secondary N) is 1. The van der Waals surface area contributed by atoms with Crippen molar-refractivity contribution in [3.05, 3.63) is 82.7 Å². The first-order valence-corrected chi connectivity index (χ1v) is 9.39. The van der Waals surface area contributed by atoms with Crippen LogP contribution >= 0.6 is 0 Å². The summed E-state index contributed by atoms with van der Waals surface area (Å²) in [4.78, 5) is 35.7. The second-order valence-electron chi connectivity index (χ2n) is 7.02. The van der Waals surface area contributed by atoms with E-state index in [-0.39, 0.29) is 18.0 Å². The van der Waals surface area contributed by atoms with Gasteiger partial charge in [0.05, 0.1) is 5.56 Å². The van der Waals surface area contributed by atoms with E-state index in [1.54, 1.807) is 6.07 Å². The van der Waals surface area contributed by atoms with Crippen molar-refractivity contribution in [3.63, 3.8) is 0 Å². The number of nitrogens with zero attached hydrogens (tertiary/aromatic N) is 1. The zero-order chi connectivity index (χ0) is 21.8. The molecule has 0 bridgehead atoms. The van der Waals surface area contributed by atoms with E-state index < -0.39 is 12.0 Å². The van der Waals surface area contributed by atoms with Crippen LogP contribution in [0.3, 0.4) is 0 Å². The third-order valence-electron chi connectivity index (χ3n) is 4.75. The van der Waals surface area contributed by atoms with Crippen LogP contribution in [0.15, 0.2) is 54.6 Å². The molecule has 0 unspecified atom stereocenters. The van der Waals surface area contributed by atoms with Crippen molar-refractivity contribution in [2.75, 3.05) is 11.9 Å². The lowest BCUT2D eigenvalue weighted by atomic mass is 10.1. The Hall–Kier alpha value is -3.87. The molecule has 2 amide bonds. The number of esters is 1. The Morgan fingerprint density at radius 3 is 2.20 bits per heavy atom. The highest BCUT2D eigenvalue weighted by atomic mass is 16.5. The molecule has 1 aromatic heterocycles. The largest absolute Gasteiger partial charge is 0.454 e. The molecule has 2 aromatic carbocycles. The molecule has 0 radical (unpaired) electrons. The van der Waals surface area contributed by atoms with Crippen LogP contribution in [0.5, 0.6) is 0 Å². The number of anilines is 1. The minimum Gasteiger partial charge on any atom is -0.454 e. The summed E-state index contributed by atoms with van der Waals surface area (Å²) in [5.41, 5.74) is 10.1. The van der Waals surface area contributed by atoms with Crippen molar-refractivity contribution in [3.8, 4) is 5.69 Å². The molecule has 3 rings (SSSR count). The summed E-state index contributed by atoms with van der Waals surface area (Å²) in [7, 11) is 0. The highest BCUT2D eigenvalue weighted by Gasteiger charge is 2.18. The predicted molar refractivity (Wildman–Crippen MR) is 114 cm³/mol. The lowest BCUT2D eigenvalue weighted by molar-refractivity contribution is 0.0474. The van der Waals surface area contributed by atoms with Crippen LogP contribution in [0.2, 0.25) is 0 Å². The van der Waals surface area contributed by atoms with E-state index in [1.165, 1.54) is 24.3 Å². The number of urea groups is 1. The number of hydrogen-bond acceptors (Lipinski definition) is 4. The molecule has 0 saturated heterocycles. The van der Waals surface area contributed by atoms with Crippen LogP contribution in [-0.2, 0) is 4.74 Å². The minimum absolute atomic E-state index is 0.267. The second kappa shape index (κ2) is 8.65. The Balaban J connectivity index is 1.69. The zero-order valence-electron chi connectivity index (χ0n) is 17.1. The maximum atomic E-state index is 12.7. The van der Waals surface area contributed by atoms with Gasteiger partial charge in [-0.1, -0.05) is 17.7 Å². The number of rotatable bonds is 6. The number of aryl methyl sites for hydroxylation is 2. The molecule has 30 heavy (non-hydrogen) atoms. The Labute approximate surface area is 174 Å². The van der Waals surface area contributed by atoms with Gasteiger partial charge in [-0.2, -0.15) is 0 Å². The normalized spacial score (nSPS) is 10.5. The van der Waals surface area contributed by atoms with Crippen molar-refractivity contribution in [1.82, 2.24) is 4.57 Å². The number of aromatic nitrogens is 1. The van der Waals surface area contributed by atoms with Crippen molar-refractivity contribution < 1.29 is 19.1 Å². The van der Waals surface area contributed by atoms with Crippen molar-refractivity contribution in [2.24, 2.45) is 5.73 Å². The standard InChI is InChI=1S/C23H23N3O4/c1-14-4-10-19(11-5-14)26-15(2)12-20(16(26)3)21(27)13-30-22(28)17-6-8-18(9-7-17)25-23(24)29/h4-12H,13H2,1-3H3,(H3,24,25,29). The topological polar surface area (TPSA) is 103 Å². The Bertz CT molecular complexity index is 1100. The SMILES string of the molecule is Cc1ccc(-n2c(C)cc(C(=O)COC(=O)c3ccc(NC(N)=O)cc3)c2C)cc1. The number of amides is 2. The fourth-order valence-corrected chi connectivity index (χ4v) is 3.26. The minimum atomic E-state index is -0.695. The Morgan fingerprint density at radius 1 is 0.967 bits per heavy atom. The van der Waals surface area contributed by atoms with Gasteiger partial charge in [0, 0.05) is 28.3 Å². The van der Waals surface area contributed by atoms with E-state index in [4.69, 9.17) is 10.5 Å². The molecule has 0 aliphatic carbocycles. The van der Waals surface area contributed by atoms with E-state index in [0.29, 0.717) is 11.3 Å². The maximum absolute atomic E-state index is 12.7. The van der Waals surface area contributed by atoms with E-state index in [1.807, 2.05) is 49.6 Å². The van der Waals surface area contributed by atoms with Crippen molar-refractivity contribution in [2.45, 2.75) is 20.8 Å². The highest BCUT2D eigenvalue weighted by molar-refractivity contribution is 6.00. The number of ether oxygens (including phenoxy) is 1. The van der Waals surface area contributed by atoms with Crippen molar-refractivity contribution >= 4 is 23.5 Å². The molecule has 0 aliphatic rings. The molecule has 3 aromatic rings. The number of Topliss-reactive ketones (excluding diaryl/α,β-unsaturated/α-hetero) is 1. The highest BCUT2D eigenvalue weighted by Crippen LogP contribution is 2.22. The summed E-state index contributed by atoms with van der Waals surface area (Å²) in [5, 5.41) is 2.40. The van der Waals surface area contributed by atoms with Crippen LogP contribution in [0, 0.1) is 20.8 Å². The van der Waals surface area contributed by atoms with Crippen molar-refractivity contribution in [1.29, 1.82) is 0 Å². The molecule has 0 aliphatic heterocycles. The number of benzene rings is 2. The van der Waals surface area contributed by atoms with Crippen LogP contribution in [-0.4, -0.2) is 29.0 Å².